The van der Waals surface area contributed by atoms with Crippen LogP contribution in [0.3, 0.4) is 0 Å². The fourth-order valence-corrected chi connectivity index (χ4v) is 2.58. The minimum atomic E-state index is 0.652. The number of rotatable bonds is 4. The molecule has 0 unspecified atom stereocenters. The van der Waals surface area contributed by atoms with Crippen molar-refractivity contribution in [3.63, 3.8) is 0 Å². The molecule has 1 fully saturated rings. The van der Waals surface area contributed by atoms with Crippen LogP contribution < -0.4 is 5.32 Å². The molecule has 1 aromatic heterocycles. The Labute approximate surface area is 108 Å². The summed E-state index contributed by atoms with van der Waals surface area (Å²) in [5, 5.41) is 7.97. The zero-order chi connectivity index (χ0) is 12.2. The Morgan fingerprint density at radius 3 is 2.89 bits per heavy atom. The smallest absolute Gasteiger partial charge is 0.0659 e. The first-order chi connectivity index (χ1) is 8.90. The highest BCUT2D eigenvalue weighted by Crippen LogP contribution is 2.12. The van der Waals surface area contributed by atoms with Gasteiger partial charge in [0, 0.05) is 12.2 Å². The maximum absolute atomic E-state index is 4.44. The van der Waals surface area contributed by atoms with Gasteiger partial charge in [0.25, 0.3) is 0 Å². The minimum absolute atomic E-state index is 0.652. The van der Waals surface area contributed by atoms with Gasteiger partial charge in [-0.25, -0.2) is 0 Å². The lowest BCUT2D eigenvalue weighted by Crippen LogP contribution is -2.23. The second-order valence-electron chi connectivity index (χ2n) is 5.03. The highest BCUT2D eigenvalue weighted by atomic mass is 15.3. The molecule has 2 aromatic rings. The first kappa shape index (κ1) is 11.5. The van der Waals surface area contributed by atoms with Crippen LogP contribution in [0.4, 0.5) is 0 Å². The average Bonchev–Trinajstić information content (AvgIpc) is 3.03. The Hall–Kier alpha value is -1.61. The van der Waals surface area contributed by atoms with Crippen molar-refractivity contribution >= 4 is 0 Å². The molecule has 0 amide bonds. The molecule has 1 atom stereocenters. The van der Waals surface area contributed by atoms with Crippen molar-refractivity contribution in [1.82, 2.24) is 15.1 Å². The van der Waals surface area contributed by atoms with Crippen LogP contribution in [-0.2, 0) is 13.0 Å². The third-order valence-corrected chi connectivity index (χ3v) is 3.52. The quantitative estimate of drug-likeness (QED) is 0.889. The third-order valence-electron chi connectivity index (χ3n) is 3.52. The second kappa shape index (κ2) is 5.36. The van der Waals surface area contributed by atoms with E-state index in [1.54, 1.807) is 0 Å². The Bertz CT molecular complexity index is 483. The first-order valence-corrected chi connectivity index (χ1v) is 6.69. The van der Waals surface area contributed by atoms with E-state index in [4.69, 9.17) is 0 Å². The van der Waals surface area contributed by atoms with Gasteiger partial charge in [0.1, 0.15) is 0 Å². The van der Waals surface area contributed by atoms with Crippen molar-refractivity contribution in [2.75, 3.05) is 6.54 Å². The van der Waals surface area contributed by atoms with E-state index >= 15 is 0 Å². The summed E-state index contributed by atoms with van der Waals surface area (Å²) in [5.41, 5.74) is 2.64. The topological polar surface area (TPSA) is 29.9 Å². The van der Waals surface area contributed by atoms with E-state index in [2.05, 4.69) is 40.9 Å². The van der Waals surface area contributed by atoms with E-state index in [1.807, 2.05) is 16.9 Å². The molecule has 1 aliphatic heterocycles. The molecule has 1 saturated heterocycles. The normalized spacial score (nSPS) is 19.2. The van der Waals surface area contributed by atoms with Crippen molar-refractivity contribution in [3.8, 4) is 0 Å². The van der Waals surface area contributed by atoms with Crippen LogP contribution in [-0.4, -0.2) is 22.4 Å². The molecule has 1 aliphatic rings. The lowest BCUT2D eigenvalue weighted by molar-refractivity contribution is 0.602. The molecule has 0 spiro atoms. The summed E-state index contributed by atoms with van der Waals surface area (Å²) >= 11 is 0. The third kappa shape index (κ3) is 2.79. The predicted octanol–water partition coefficient (Wildman–Crippen LogP) is 2.23. The Morgan fingerprint density at radius 1 is 1.22 bits per heavy atom. The van der Waals surface area contributed by atoms with Crippen LogP contribution in [0.5, 0.6) is 0 Å². The summed E-state index contributed by atoms with van der Waals surface area (Å²) in [6.07, 6.45) is 7.89. The van der Waals surface area contributed by atoms with Crippen LogP contribution in [0.15, 0.2) is 42.7 Å². The average molecular weight is 241 g/mol. The Kier molecular flexibility index (Phi) is 3.42. The standard InChI is InChI=1S/C15H19N3/c1-2-5-13(6-3-1)11-18-12-14(10-17-18)9-15-7-4-8-16-15/h1-3,5-6,10,12,15-16H,4,7-9,11H2/t15-/m0/s1. The zero-order valence-electron chi connectivity index (χ0n) is 10.5. The molecule has 1 aromatic carbocycles. The molecule has 3 nitrogen and oxygen atoms in total. The fraction of sp³-hybridized carbons (Fsp3) is 0.400. The van der Waals surface area contributed by atoms with Gasteiger partial charge in [-0.05, 0) is 36.9 Å². The number of benzene rings is 1. The lowest BCUT2D eigenvalue weighted by Gasteiger charge is -2.07. The fourth-order valence-electron chi connectivity index (χ4n) is 2.58. The molecule has 2 heterocycles. The van der Waals surface area contributed by atoms with Gasteiger partial charge in [-0.3, -0.25) is 4.68 Å². The lowest BCUT2D eigenvalue weighted by atomic mass is 10.1. The maximum atomic E-state index is 4.44. The molecule has 0 aliphatic carbocycles. The molecule has 3 rings (SSSR count). The van der Waals surface area contributed by atoms with Crippen molar-refractivity contribution in [3.05, 3.63) is 53.9 Å². The summed E-state index contributed by atoms with van der Waals surface area (Å²) in [7, 11) is 0. The number of aromatic nitrogens is 2. The molecule has 3 heteroatoms. The summed E-state index contributed by atoms with van der Waals surface area (Å²) < 4.78 is 2.03. The van der Waals surface area contributed by atoms with Crippen molar-refractivity contribution in [1.29, 1.82) is 0 Å². The van der Waals surface area contributed by atoms with Gasteiger partial charge in [0.2, 0.25) is 0 Å². The van der Waals surface area contributed by atoms with E-state index in [-0.39, 0.29) is 0 Å². The SMILES string of the molecule is c1ccc(Cn2cc(C[C@@H]3CCCN3)cn2)cc1. The van der Waals surface area contributed by atoms with Gasteiger partial charge in [-0.2, -0.15) is 5.10 Å². The van der Waals surface area contributed by atoms with E-state index in [0.717, 1.165) is 13.0 Å². The summed E-state index contributed by atoms with van der Waals surface area (Å²) in [6, 6.07) is 11.1. The maximum Gasteiger partial charge on any atom is 0.0659 e. The largest absolute Gasteiger partial charge is 0.314 e. The Morgan fingerprint density at radius 2 is 2.11 bits per heavy atom. The highest BCUT2D eigenvalue weighted by Gasteiger charge is 2.15. The predicted molar refractivity (Wildman–Crippen MR) is 72.5 cm³/mol. The van der Waals surface area contributed by atoms with Gasteiger partial charge in [0.15, 0.2) is 0 Å². The monoisotopic (exact) mass is 241 g/mol. The molecule has 0 radical (unpaired) electrons. The van der Waals surface area contributed by atoms with Crippen molar-refractivity contribution in [2.24, 2.45) is 0 Å². The number of nitrogens with zero attached hydrogens (tertiary/aromatic N) is 2. The van der Waals surface area contributed by atoms with E-state index in [0.29, 0.717) is 6.04 Å². The molecule has 0 bridgehead atoms. The van der Waals surface area contributed by atoms with Gasteiger partial charge < -0.3 is 5.32 Å². The number of nitrogens with one attached hydrogen (secondary N) is 1. The van der Waals surface area contributed by atoms with Gasteiger partial charge in [-0.1, -0.05) is 30.3 Å². The minimum Gasteiger partial charge on any atom is -0.314 e. The summed E-state index contributed by atoms with van der Waals surface area (Å²) in [6.45, 7) is 2.03. The van der Waals surface area contributed by atoms with E-state index in [1.165, 1.54) is 30.5 Å². The molecular formula is C15H19N3. The molecular weight excluding hydrogens is 222 g/mol. The number of hydrogen-bond acceptors (Lipinski definition) is 2. The first-order valence-electron chi connectivity index (χ1n) is 6.69. The molecule has 1 N–H and O–H groups in total. The summed E-state index contributed by atoms with van der Waals surface area (Å²) in [5.74, 6) is 0. The second-order valence-corrected chi connectivity index (χ2v) is 5.03. The van der Waals surface area contributed by atoms with Crippen LogP contribution in [0, 0.1) is 0 Å². The van der Waals surface area contributed by atoms with Crippen LogP contribution >= 0.6 is 0 Å². The molecule has 0 saturated carbocycles. The zero-order valence-corrected chi connectivity index (χ0v) is 10.5. The van der Waals surface area contributed by atoms with E-state index < -0.39 is 0 Å². The summed E-state index contributed by atoms with van der Waals surface area (Å²) in [4.78, 5) is 0. The van der Waals surface area contributed by atoms with Crippen LogP contribution in [0.25, 0.3) is 0 Å². The molecule has 18 heavy (non-hydrogen) atoms. The van der Waals surface area contributed by atoms with Crippen molar-refractivity contribution < 1.29 is 0 Å². The van der Waals surface area contributed by atoms with Gasteiger partial charge in [-0.15, -0.1) is 0 Å². The highest BCUT2D eigenvalue weighted by molar-refractivity contribution is 5.16. The molecule has 94 valence electrons. The van der Waals surface area contributed by atoms with Crippen molar-refractivity contribution in [2.45, 2.75) is 31.8 Å². The van der Waals surface area contributed by atoms with E-state index in [9.17, 15) is 0 Å². The van der Waals surface area contributed by atoms with Gasteiger partial charge in [0.05, 0.1) is 12.7 Å². The van der Waals surface area contributed by atoms with Gasteiger partial charge >= 0.3 is 0 Å². The van der Waals surface area contributed by atoms with Crippen LogP contribution in [0.1, 0.15) is 24.0 Å². The number of hydrogen-bond donors (Lipinski definition) is 1. The Balaban J connectivity index is 1.62. The van der Waals surface area contributed by atoms with Crippen LogP contribution in [0.2, 0.25) is 0 Å².